The predicted octanol–water partition coefficient (Wildman–Crippen LogP) is 3.34. The third kappa shape index (κ3) is 3.65. The Balaban J connectivity index is 2.36. The molecule has 1 heterocycles. The van der Waals surface area contributed by atoms with Crippen LogP contribution >= 0.6 is 0 Å². The fourth-order valence-corrected chi connectivity index (χ4v) is 1.74. The maximum absolute atomic E-state index is 11.3. The summed E-state index contributed by atoms with van der Waals surface area (Å²) in [6.45, 7) is 3.93. The van der Waals surface area contributed by atoms with E-state index in [1.807, 2.05) is 44.2 Å². The van der Waals surface area contributed by atoms with Gasteiger partial charge in [-0.1, -0.05) is 25.1 Å². The van der Waals surface area contributed by atoms with Gasteiger partial charge in [-0.25, -0.2) is 9.97 Å². The molecule has 21 heavy (non-hydrogen) atoms. The van der Waals surface area contributed by atoms with Crippen molar-refractivity contribution in [2.45, 2.75) is 26.3 Å². The highest BCUT2D eigenvalue weighted by Gasteiger charge is 2.23. The number of hydrogen-bond acceptors (Lipinski definition) is 6. The van der Waals surface area contributed by atoms with Gasteiger partial charge in [-0.3, -0.25) is 10.1 Å². The van der Waals surface area contributed by atoms with Gasteiger partial charge in [0.2, 0.25) is 11.6 Å². The highest BCUT2D eigenvalue weighted by molar-refractivity contribution is 5.73. The number of aromatic nitrogens is 2. The van der Waals surface area contributed by atoms with Gasteiger partial charge in [-0.15, -0.1) is 0 Å². The van der Waals surface area contributed by atoms with E-state index in [1.54, 1.807) is 0 Å². The molecule has 0 radical (unpaired) electrons. The van der Waals surface area contributed by atoms with E-state index in [9.17, 15) is 10.1 Å². The Morgan fingerprint density at radius 1 is 1.24 bits per heavy atom. The van der Waals surface area contributed by atoms with Crippen molar-refractivity contribution in [2.75, 3.05) is 10.6 Å². The molecule has 0 saturated carbocycles. The van der Waals surface area contributed by atoms with Crippen LogP contribution in [-0.4, -0.2) is 20.9 Å². The first-order valence-corrected chi connectivity index (χ1v) is 6.69. The van der Waals surface area contributed by atoms with Crippen molar-refractivity contribution in [1.29, 1.82) is 0 Å². The Morgan fingerprint density at radius 3 is 2.52 bits per heavy atom. The molecule has 0 spiro atoms. The number of nitrogens with one attached hydrogen (secondary N) is 2. The molecule has 0 amide bonds. The van der Waals surface area contributed by atoms with E-state index in [1.165, 1.54) is 6.33 Å². The van der Waals surface area contributed by atoms with Gasteiger partial charge in [0.25, 0.3) is 0 Å². The Hall–Kier alpha value is -2.70. The molecule has 0 aliphatic rings. The van der Waals surface area contributed by atoms with E-state index >= 15 is 0 Å². The third-order valence-corrected chi connectivity index (χ3v) is 3.04. The van der Waals surface area contributed by atoms with Crippen LogP contribution in [0.15, 0.2) is 36.7 Å². The Kier molecular flexibility index (Phi) is 4.65. The van der Waals surface area contributed by atoms with E-state index in [2.05, 4.69) is 20.6 Å². The normalized spacial score (nSPS) is 11.7. The smallest absolute Gasteiger partial charge is 0.353 e. The van der Waals surface area contributed by atoms with Crippen LogP contribution < -0.4 is 10.6 Å². The monoisotopic (exact) mass is 287 g/mol. The van der Waals surface area contributed by atoms with Gasteiger partial charge in [0.05, 0.1) is 4.92 Å². The molecule has 0 bridgehead atoms. The van der Waals surface area contributed by atoms with Crippen molar-refractivity contribution in [3.8, 4) is 0 Å². The first-order valence-electron chi connectivity index (χ1n) is 6.69. The van der Waals surface area contributed by atoms with Crippen LogP contribution in [0.25, 0.3) is 0 Å². The fraction of sp³-hybridized carbons (Fsp3) is 0.286. The summed E-state index contributed by atoms with van der Waals surface area (Å²) in [5.74, 6) is 0.398. The zero-order valence-corrected chi connectivity index (χ0v) is 11.9. The summed E-state index contributed by atoms with van der Waals surface area (Å²) in [4.78, 5) is 18.8. The minimum absolute atomic E-state index is 0.0863. The van der Waals surface area contributed by atoms with Crippen molar-refractivity contribution in [2.24, 2.45) is 0 Å². The highest BCUT2D eigenvalue weighted by Crippen LogP contribution is 2.31. The van der Waals surface area contributed by atoms with Gasteiger partial charge in [-0.05, 0) is 25.5 Å². The van der Waals surface area contributed by atoms with Gasteiger partial charge < -0.3 is 10.6 Å². The van der Waals surface area contributed by atoms with Gasteiger partial charge in [0.1, 0.15) is 6.33 Å². The average molecular weight is 287 g/mol. The number of para-hydroxylation sites is 1. The molecule has 2 aromatic rings. The second-order valence-electron chi connectivity index (χ2n) is 4.62. The molecule has 1 aromatic carbocycles. The van der Waals surface area contributed by atoms with E-state index in [4.69, 9.17) is 0 Å². The van der Waals surface area contributed by atoms with Crippen LogP contribution in [0.5, 0.6) is 0 Å². The van der Waals surface area contributed by atoms with E-state index in [0.717, 1.165) is 12.1 Å². The molecule has 1 unspecified atom stereocenters. The minimum Gasteiger partial charge on any atom is -0.362 e. The maximum atomic E-state index is 11.3. The molecular formula is C14H17N5O2. The maximum Gasteiger partial charge on any atom is 0.353 e. The molecular weight excluding hydrogens is 270 g/mol. The molecule has 0 aliphatic carbocycles. The van der Waals surface area contributed by atoms with Crippen LogP contribution in [0.3, 0.4) is 0 Å². The average Bonchev–Trinajstić information content (AvgIpc) is 2.48. The number of rotatable bonds is 6. The number of benzene rings is 1. The molecule has 7 nitrogen and oxygen atoms in total. The lowest BCUT2D eigenvalue weighted by Crippen LogP contribution is -2.16. The standard InChI is InChI=1S/C14H17N5O2/c1-3-10(2)17-13-12(19(20)21)14(16-9-15-13)18-11-7-5-4-6-8-11/h4-10H,3H2,1-2H3,(H2,15,16,17,18). The van der Waals surface area contributed by atoms with Crippen molar-refractivity contribution >= 4 is 23.0 Å². The van der Waals surface area contributed by atoms with Crippen LogP contribution in [0.1, 0.15) is 20.3 Å². The summed E-state index contributed by atoms with van der Waals surface area (Å²) in [5.41, 5.74) is 0.579. The Bertz CT molecular complexity index is 618. The number of nitro groups is 1. The van der Waals surface area contributed by atoms with Crippen LogP contribution in [-0.2, 0) is 0 Å². The number of anilines is 3. The third-order valence-electron chi connectivity index (χ3n) is 3.04. The first kappa shape index (κ1) is 14.7. The second-order valence-corrected chi connectivity index (χ2v) is 4.62. The highest BCUT2D eigenvalue weighted by atomic mass is 16.6. The van der Waals surface area contributed by atoms with Gasteiger partial charge >= 0.3 is 5.69 Å². The molecule has 7 heteroatoms. The summed E-state index contributed by atoms with van der Waals surface area (Å²) >= 11 is 0. The lowest BCUT2D eigenvalue weighted by Gasteiger charge is -2.13. The molecule has 2 N–H and O–H groups in total. The summed E-state index contributed by atoms with van der Waals surface area (Å²) in [5, 5.41) is 17.3. The quantitative estimate of drug-likeness (QED) is 0.625. The zero-order valence-electron chi connectivity index (χ0n) is 11.9. The zero-order chi connectivity index (χ0) is 15.2. The van der Waals surface area contributed by atoms with Crippen molar-refractivity contribution in [1.82, 2.24) is 9.97 Å². The van der Waals surface area contributed by atoms with E-state index in [0.29, 0.717) is 0 Å². The van der Waals surface area contributed by atoms with E-state index in [-0.39, 0.29) is 23.4 Å². The summed E-state index contributed by atoms with van der Waals surface area (Å²) in [6, 6.07) is 9.26. The van der Waals surface area contributed by atoms with Crippen LogP contribution in [0.2, 0.25) is 0 Å². The molecule has 0 saturated heterocycles. The fourth-order valence-electron chi connectivity index (χ4n) is 1.74. The Labute approximate surface area is 122 Å². The summed E-state index contributed by atoms with van der Waals surface area (Å²) in [7, 11) is 0. The first-order chi connectivity index (χ1) is 10.1. The number of hydrogen-bond donors (Lipinski definition) is 2. The second kappa shape index (κ2) is 6.65. The molecule has 1 aromatic heterocycles. The largest absolute Gasteiger partial charge is 0.362 e. The van der Waals surface area contributed by atoms with Crippen molar-refractivity contribution in [3.63, 3.8) is 0 Å². The topological polar surface area (TPSA) is 93.0 Å². The Morgan fingerprint density at radius 2 is 1.90 bits per heavy atom. The molecule has 2 rings (SSSR count). The molecule has 110 valence electrons. The lowest BCUT2D eigenvalue weighted by atomic mass is 10.2. The molecule has 1 atom stereocenters. The van der Waals surface area contributed by atoms with Gasteiger partial charge in [0.15, 0.2) is 0 Å². The lowest BCUT2D eigenvalue weighted by molar-refractivity contribution is -0.383. The van der Waals surface area contributed by atoms with E-state index < -0.39 is 4.92 Å². The molecule has 0 aliphatic heterocycles. The molecule has 0 fully saturated rings. The number of nitrogens with zero attached hydrogens (tertiary/aromatic N) is 3. The summed E-state index contributed by atoms with van der Waals surface area (Å²) in [6.07, 6.45) is 2.14. The minimum atomic E-state index is -0.476. The van der Waals surface area contributed by atoms with Crippen LogP contribution in [0.4, 0.5) is 23.0 Å². The summed E-state index contributed by atoms with van der Waals surface area (Å²) < 4.78 is 0. The van der Waals surface area contributed by atoms with Crippen LogP contribution in [0, 0.1) is 10.1 Å². The van der Waals surface area contributed by atoms with Gasteiger partial charge in [-0.2, -0.15) is 0 Å². The van der Waals surface area contributed by atoms with Crippen molar-refractivity contribution in [3.05, 3.63) is 46.8 Å². The predicted molar refractivity (Wildman–Crippen MR) is 81.8 cm³/mol. The SMILES string of the molecule is CCC(C)Nc1ncnc(Nc2ccccc2)c1[N+](=O)[O-]. The van der Waals surface area contributed by atoms with Crippen molar-refractivity contribution < 1.29 is 4.92 Å². The van der Waals surface area contributed by atoms with Gasteiger partial charge in [0, 0.05) is 11.7 Å².